The molecule has 0 N–H and O–H groups in total. The van der Waals surface area contributed by atoms with Crippen molar-refractivity contribution in [1.29, 1.82) is 0 Å². The summed E-state index contributed by atoms with van der Waals surface area (Å²) in [4.78, 5) is 6.79. The van der Waals surface area contributed by atoms with E-state index in [1.807, 2.05) is 35.2 Å². The molecule has 0 saturated heterocycles. The van der Waals surface area contributed by atoms with Gasteiger partial charge in [0, 0.05) is 30.8 Å². The summed E-state index contributed by atoms with van der Waals surface area (Å²) in [6.45, 7) is 1.14. The van der Waals surface area contributed by atoms with Crippen molar-refractivity contribution in [2.24, 2.45) is 5.16 Å². The van der Waals surface area contributed by atoms with Crippen LogP contribution in [0.1, 0.15) is 23.1 Å². The Labute approximate surface area is 138 Å². The number of anilines is 1. The van der Waals surface area contributed by atoms with Crippen LogP contribution in [0.25, 0.3) is 0 Å². The fraction of sp³-hybridized carbons (Fsp3) is 0.278. The first-order valence-electron chi connectivity index (χ1n) is 7.59. The first-order valence-corrected chi connectivity index (χ1v) is 7.59. The highest BCUT2D eigenvalue weighted by atomic mass is 19.4. The van der Waals surface area contributed by atoms with Crippen LogP contribution in [-0.4, -0.2) is 19.4 Å². The van der Waals surface area contributed by atoms with Gasteiger partial charge in [0.25, 0.3) is 0 Å². The third kappa shape index (κ3) is 3.37. The van der Waals surface area contributed by atoms with Gasteiger partial charge in [-0.1, -0.05) is 41.6 Å². The van der Waals surface area contributed by atoms with E-state index in [1.165, 1.54) is 19.2 Å². The summed E-state index contributed by atoms with van der Waals surface area (Å²) in [6.07, 6.45) is -3.75. The van der Waals surface area contributed by atoms with Gasteiger partial charge in [0.1, 0.15) is 7.11 Å². The average molecular weight is 334 g/mol. The summed E-state index contributed by atoms with van der Waals surface area (Å²) < 4.78 is 39.3. The summed E-state index contributed by atoms with van der Waals surface area (Å²) in [7, 11) is 1.44. The highest BCUT2D eigenvalue weighted by Gasteiger charge is 2.33. The summed E-state index contributed by atoms with van der Waals surface area (Å²) in [5, 5.41) is 3.97. The van der Waals surface area contributed by atoms with Crippen molar-refractivity contribution in [2.45, 2.75) is 19.1 Å². The van der Waals surface area contributed by atoms with Gasteiger partial charge in [-0.3, -0.25) is 0 Å². The molecule has 126 valence electrons. The molecule has 0 amide bonds. The maximum absolute atomic E-state index is 13.1. The highest BCUT2D eigenvalue weighted by molar-refractivity contribution is 6.06. The summed E-state index contributed by atoms with van der Waals surface area (Å²) in [6, 6.07) is 13.5. The van der Waals surface area contributed by atoms with Crippen molar-refractivity contribution < 1.29 is 18.0 Å². The van der Waals surface area contributed by atoms with Gasteiger partial charge in [-0.25, -0.2) is 0 Å². The number of nitrogens with zero attached hydrogens (tertiary/aromatic N) is 2. The molecule has 2 aromatic carbocycles. The molecule has 0 spiro atoms. The molecule has 24 heavy (non-hydrogen) atoms. The van der Waals surface area contributed by atoms with Gasteiger partial charge in [0.2, 0.25) is 0 Å². The zero-order chi connectivity index (χ0) is 17.2. The van der Waals surface area contributed by atoms with E-state index in [0.29, 0.717) is 36.5 Å². The average Bonchev–Trinajstić information content (AvgIpc) is 2.57. The van der Waals surface area contributed by atoms with Gasteiger partial charge in [-0.15, -0.1) is 0 Å². The van der Waals surface area contributed by atoms with Crippen LogP contribution in [-0.2, 0) is 17.6 Å². The Morgan fingerprint density at radius 2 is 1.88 bits per heavy atom. The molecule has 3 rings (SSSR count). The maximum Gasteiger partial charge on any atom is 0.416 e. The second-order valence-electron chi connectivity index (χ2n) is 5.61. The number of benzene rings is 2. The van der Waals surface area contributed by atoms with Gasteiger partial charge in [0.15, 0.2) is 0 Å². The number of hydrogen-bond acceptors (Lipinski definition) is 3. The quantitative estimate of drug-likeness (QED) is 0.774. The molecule has 0 bridgehead atoms. The van der Waals surface area contributed by atoms with Crippen LogP contribution in [0.3, 0.4) is 0 Å². The normalized spacial score (nSPS) is 16.2. The lowest BCUT2D eigenvalue weighted by Gasteiger charge is -2.32. The number of fused-ring (bicyclic) bond motifs is 1. The van der Waals surface area contributed by atoms with Crippen molar-refractivity contribution in [1.82, 2.24) is 0 Å². The van der Waals surface area contributed by atoms with Gasteiger partial charge < -0.3 is 9.74 Å². The minimum absolute atomic E-state index is 0.538. The lowest BCUT2D eigenvalue weighted by atomic mass is 9.97. The largest absolute Gasteiger partial charge is 0.416 e. The van der Waals surface area contributed by atoms with Crippen LogP contribution in [0.15, 0.2) is 53.7 Å². The van der Waals surface area contributed by atoms with Crippen LogP contribution < -0.4 is 4.90 Å². The Balaban J connectivity index is 2.02. The van der Waals surface area contributed by atoms with Gasteiger partial charge in [-0.2, -0.15) is 13.2 Å². The monoisotopic (exact) mass is 334 g/mol. The Kier molecular flexibility index (Phi) is 4.46. The molecule has 3 nitrogen and oxygen atoms in total. The van der Waals surface area contributed by atoms with Crippen LogP contribution in [0.5, 0.6) is 0 Å². The first kappa shape index (κ1) is 16.4. The SMILES string of the molecule is CON=C1CCN(Cc2ccccc2)c2cc(C(F)(F)F)ccc21. The summed E-state index contributed by atoms with van der Waals surface area (Å²) >= 11 is 0. The molecule has 0 radical (unpaired) electrons. The molecule has 1 heterocycles. The predicted molar refractivity (Wildman–Crippen MR) is 87.1 cm³/mol. The second-order valence-corrected chi connectivity index (χ2v) is 5.61. The lowest BCUT2D eigenvalue weighted by molar-refractivity contribution is -0.137. The smallest absolute Gasteiger partial charge is 0.399 e. The Morgan fingerprint density at radius 1 is 1.12 bits per heavy atom. The topological polar surface area (TPSA) is 24.8 Å². The molecule has 0 saturated carbocycles. The van der Waals surface area contributed by atoms with Gasteiger partial charge in [0.05, 0.1) is 11.3 Å². The first-order chi connectivity index (χ1) is 11.5. The van der Waals surface area contributed by atoms with E-state index >= 15 is 0 Å². The Morgan fingerprint density at radius 3 is 2.54 bits per heavy atom. The third-order valence-corrected chi connectivity index (χ3v) is 4.01. The highest BCUT2D eigenvalue weighted by Crippen LogP contribution is 2.36. The molecular formula is C18H17F3N2O. The van der Waals surface area contributed by atoms with Crippen molar-refractivity contribution in [2.75, 3.05) is 18.6 Å². The van der Waals surface area contributed by atoms with E-state index in [0.717, 1.165) is 11.6 Å². The maximum atomic E-state index is 13.1. The van der Waals surface area contributed by atoms with Crippen LogP contribution >= 0.6 is 0 Å². The van der Waals surface area contributed by atoms with E-state index in [1.54, 1.807) is 0 Å². The molecule has 2 aromatic rings. The Hall–Kier alpha value is -2.50. The van der Waals surface area contributed by atoms with Crippen LogP contribution in [0.4, 0.5) is 18.9 Å². The van der Waals surface area contributed by atoms with E-state index in [-0.39, 0.29) is 0 Å². The zero-order valence-electron chi connectivity index (χ0n) is 13.2. The van der Waals surface area contributed by atoms with Crippen molar-refractivity contribution >= 4 is 11.4 Å². The van der Waals surface area contributed by atoms with E-state index < -0.39 is 11.7 Å². The molecule has 0 unspecified atom stereocenters. The van der Waals surface area contributed by atoms with Crippen LogP contribution in [0.2, 0.25) is 0 Å². The summed E-state index contributed by atoms with van der Waals surface area (Å²) in [5.41, 5.74) is 2.29. The molecule has 0 aromatic heterocycles. The number of rotatable bonds is 3. The van der Waals surface area contributed by atoms with Gasteiger partial charge in [-0.05, 0) is 17.7 Å². The molecule has 0 atom stereocenters. The number of hydrogen-bond donors (Lipinski definition) is 0. The molecule has 0 aliphatic carbocycles. The Bertz CT molecular complexity index is 742. The second kappa shape index (κ2) is 6.55. The fourth-order valence-electron chi connectivity index (χ4n) is 2.88. The minimum Gasteiger partial charge on any atom is -0.399 e. The van der Waals surface area contributed by atoms with E-state index in [9.17, 15) is 13.2 Å². The molecular weight excluding hydrogens is 317 g/mol. The van der Waals surface area contributed by atoms with Crippen molar-refractivity contribution in [3.8, 4) is 0 Å². The third-order valence-electron chi connectivity index (χ3n) is 4.01. The fourth-order valence-corrected chi connectivity index (χ4v) is 2.88. The zero-order valence-corrected chi connectivity index (χ0v) is 13.2. The number of alkyl halides is 3. The minimum atomic E-state index is -4.37. The summed E-state index contributed by atoms with van der Waals surface area (Å²) in [5.74, 6) is 0. The molecule has 1 aliphatic rings. The van der Waals surface area contributed by atoms with E-state index in [4.69, 9.17) is 4.84 Å². The van der Waals surface area contributed by atoms with Crippen molar-refractivity contribution in [3.63, 3.8) is 0 Å². The standard InChI is InChI=1S/C18H17F3N2O/c1-24-22-16-9-10-23(12-13-5-3-2-4-6-13)17-11-14(18(19,20)21)7-8-15(16)17/h2-8,11H,9-10,12H2,1H3. The van der Waals surface area contributed by atoms with Gasteiger partial charge >= 0.3 is 6.18 Å². The molecule has 0 fully saturated rings. The number of oxime groups is 1. The van der Waals surface area contributed by atoms with Crippen LogP contribution in [0, 0.1) is 0 Å². The predicted octanol–water partition coefficient (Wildman–Crippen LogP) is 4.47. The van der Waals surface area contributed by atoms with E-state index in [2.05, 4.69) is 5.16 Å². The molecule has 1 aliphatic heterocycles. The van der Waals surface area contributed by atoms with Crippen molar-refractivity contribution in [3.05, 3.63) is 65.2 Å². The number of halogens is 3. The lowest BCUT2D eigenvalue weighted by Crippen LogP contribution is -2.32. The molecule has 6 heteroatoms.